The van der Waals surface area contributed by atoms with E-state index in [1.54, 1.807) is 12.1 Å². The first-order valence-electron chi connectivity index (χ1n) is 13.5. The molecular weight excluding hydrogens is 452 g/mol. The van der Waals surface area contributed by atoms with Gasteiger partial charge in [-0.05, 0) is 37.0 Å². The van der Waals surface area contributed by atoms with Gasteiger partial charge in [0.15, 0.2) is 5.41 Å². The Morgan fingerprint density at radius 1 is 0.944 bits per heavy atom. The van der Waals surface area contributed by atoms with Crippen molar-refractivity contribution in [2.45, 2.75) is 95.9 Å². The predicted molar refractivity (Wildman–Crippen MR) is 134 cm³/mol. The molecule has 36 heavy (non-hydrogen) atoms. The van der Waals surface area contributed by atoms with Crippen LogP contribution in [0.25, 0.3) is 0 Å². The molecule has 4 unspecified atom stereocenters. The van der Waals surface area contributed by atoms with Crippen molar-refractivity contribution >= 4 is 5.90 Å². The first-order chi connectivity index (χ1) is 17.5. The molecule has 3 aliphatic rings. The van der Waals surface area contributed by atoms with Gasteiger partial charge >= 0.3 is 0 Å². The van der Waals surface area contributed by atoms with Gasteiger partial charge in [-0.3, -0.25) is 5.41 Å². The zero-order chi connectivity index (χ0) is 25.7. The molecule has 3 fully saturated rings. The van der Waals surface area contributed by atoms with Crippen molar-refractivity contribution in [3.63, 3.8) is 0 Å². The molecule has 1 aromatic rings. The summed E-state index contributed by atoms with van der Waals surface area (Å²) in [5.74, 6) is -1.28. The van der Waals surface area contributed by atoms with E-state index in [-0.39, 0.29) is 5.90 Å². The van der Waals surface area contributed by atoms with Gasteiger partial charge in [0.25, 0.3) is 0 Å². The van der Waals surface area contributed by atoms with Crippen LogP contribution in [0.15, 0.2) is 24.3 Å². The molecule has 0 spiro atoms. The van der Waals surface area contributed by atoms with Gasteiger partial charge in [0.2, 0.25) is 17.1 Å². The van der Waals surface area contributed by atoms with Crippen molar-refractivity contribution in [1.29, 1.82) is 21.2 Å². The summed E-state index contributed by atoms with van der Waals surface area (Å²) in [4.78, 5) is 0. The summed E-state index contributed by atoms with van der Waals surface area (Å²) < 4.78 is 18.5. The molecular formula is C29H36N4O3. The lowest BCUT2D eigenvalue weighted by Gasteiger charge is -2.50. The Balaban J connectivity index is 1.59. The van der Waals surface area contributed by atoms with Gasteiger partial charge in [-0.25, -0.2) is 0 Å². The predicted octanol–water partition coefficient (Wildman–Crippen LogP) is 6.71. The van der Waals surface area contributed by atoms with Gasteiger partial charge in [0.05, 0.1) is 30.7 Å². The molecule has 1 N–H and O–H groups in total. The molecule has 7 heteroatoms. The van der Waals surface area contributed by atoms with Crippen LogP contribution in [-0.4, -0.2) is 18.3 Å². The van der Waals surface area contributed by atoms with E-state index >= 15 is 0 Å². The highest BCUT2D eigenvalue weighted by Crippen LogP contribution is 2.68. The topological polar surface area (TPSA) is 123 Å². The number of rotatable bonds is 9. The number of nitriles is 3. The zero-order valence-corrected chi connectivity index (χ0v) is 21.2. The lowest BCUT2D eigenvalue weighted by Crippen LogP contribution is -2.59. The number of benzene rings is 1. The van der Waals surface area contributed by atoms with Gasteiger partial charge < -0.3 is 14.2 Å². The summed E-state index contributed by atoms with van der Waals surface area (Å²) in [6, 6.07) is 13.8. The summed E-state index contributed by atoms with van der Waals surface area (Å²) in [7, 11) is 0. The second-order valence-corrected chi connectivity index (χ2v) is 10.4. The molecule has 0 aromatic heterocycles. The van der Waals surface area contributed by atoms with E-state index in [4.69, 9.17) is 19.6 Å². The van der Waals surface area contributed by atoms with Crippen LogP contribution in [0, 0.1) is 56.2 Å². The molecule has 7 nitrogen and oxygen atoms in total. The quantitative estimate of drug-likeness (QED) is 0.385. The number of nitrogens with zero attached hydrogens (tertiary/aromatic N) is 3. The van der Waals surface area contributed by atoms with Gasteiger partial charge in [0.1, 0.15) is 11.9 Å². The standard InChI is InChI=1S/C29H36N4O3/c1-2-3-4-5-8-11-18-34-23-15-13-22(14-16-23)25-27(19-30,20-31)28(21-32)24-12-9-6-7-10-17-29(24,35-25)36-26(28)33/h13-16,24-25,33H,2-12,17-18H2,1H3. The molecule has 2 saturated heterocycles. The van der Waals surface area contributed by atoms with E-state index in [9.17, 15) is 15.8 Å². The number of unbranched alkanes of at least 4 members (excludes halogenated alkanes) is 5. The number of nitrogens with one attached hydrogen (secondary N) is 1. The zero-order valence-electron chi connectivity index (χ0n) is 21.2. The van der Waals surface area contributed by atoms with Crippen LogP contribution in [0.3, 0.4) is 0 Å². The van der Waals surface area contributed by atoms with E-state index in [2.05, 4.69) is 25.1 Å². The minimum Gasteiger partial charge on any atom is -0.494 e. The van der Waals surface area contributed by atoms with Crippen LogP contribution in [0.4, 0.5) is 0 Å². The number of hydrogen-bond acceptors (Lipinski definition) is 7. The molecule has 4 rings (SSSR count). The summed E-state index contributed by atoms with van der Waals surface area (Å²) in [6.07, 6.45) is 11.0. The van der Waals surface area contributed by atoms with E-state index in [0.29, 0.717) is 30.8 Å². The van der Waals surface area contributed by atoms with Gasteiger partial charge in [-0.2, -0.15) is 15.8 Å². The van der Waals surface area contributed by atoms with Gasteiger partial charge in [0, 0.05) is 6.42 Å². The van der Waals surface area contributed by atoms with Crippen LogP contribution >= 0.6 is 0 Å². The lowest BCUT2D eigenvalue weighted by molar-refractivity contribution is -0.289. The minimum absolute atomic E-state index is 0.304. The van der Waals surface area contributed by atoms with Gasteiger partial charge in [-0.15, -0.1) is 0 Å². The van der Waals surface area contributed by atoms with Crippen LogP contribution in [0.2, 0.25) is 0 Å². The molecule has 0 amide bonds. The minimum atomic E-state index is -1.90. The highest BCUT2D eigenvalue weighted by atomic mass is 16.7. The third-order valence-electron chi connectivity index (χ3n) is 8.27. The molecule has 1 aliphatic carbocycles. The van der Waals surface area contributed by atoms with E-state index in [1.165, 1.54) is 25.7 Å². The van der Waals surface area contributed by atoms with E-state index in [0.717, 1.165) is 38.5 Å². The first kappa shape index (κ1) is 26.0. The molecule has 1 aromatic carbocycles. The Labute approximate surface area is 214 Å². The SMILES string of the molecule is CCCCCCCCOc1ccc(C2OC34CCCCCCC3C(C#N)(C(=N)O4)C2(C#N)C#N)cc1. The fourth-order valence-corrected chi connectivity index (χ4v) is 6.33. The normalized spacial score (nSPS) is 30.4. The van der Waals surface area contributed by atoms with Crippen LogP contribution < -0.4 is 4.74 Å². The smallest absolute Gasteiger partial charge is 0.217 e. The molecule has 2 heterocycles. The summed E-state index contributed by atoms with van der Waals surface area (Å²) in [6.45, 7) is 2.85. The van der Waals surface area contributed by atoms with Crippen molar-refractivity contribution in [3.05, 3.63) is 29.8 Å². The Bertz CT molecular complexity index is 1050. The molecule has 0 radical (unpaired) electrons. The van der Waals surface area contributed by atoms with Crippen molar-refractivity contribution < 1.29 is 14.2 Å². The summed E-state index contributed by atoms with van der Waals surface area (Å²) in [5.41, 5.74) is -2.96. The largest absolute Gasteiger partial charge is 0.494 e. The van der Waals surface area contributed by atoms with E-state index < -0.39 is 28.6 Å². The van der Waals surface area contributed by atoms with Crippen LogP contribution in [-0.2, 0) is 9.47 Å². The maximum atomic E-state index is 10.5. The molecule has 1 saturated carbocycles. The van der Waals surface area contributed by atoms with Crippen molar-refractivity contribution in [2.24, 2.45) is 16.7 Å². The molecule has 190 valence electrons. The van der Waals surface area contributed by atoms with Crippen LogP contribution in [0.5, 0.6) is 5.75 Å². The average Bonchev–Trinajstić information content (AvgIpc) is 3.05. The fraction of sp³-hybridized carbons (Fsp3) is 0.655. The van der Waals surface area contributed by atoms with Crippen molar-refractivity contribution in [3.8, 4) is 24.0 Å². The fourth-order valence-electron chi connectivity index (χ4n) is 6.33. The van der Waals surface area contributed by atoms with E-state index in [1.807, 2.05) is 12.1 Å². The Kier molecular flexibility index (Phi) is 7.87. The first-order valence-corrected chi connectivity index (χ1v) is 13.5. The molecule has 4 atom stereocenters. The Morgan fingerprint density at radius 2 is 1.64 bits per heavy atom. The van der Waals surface area contributed by atoms with Gasteiger partial charge in [-0.1, -0.05) is 70.4 Å². The third-order valence-corrected chi connectivity index (χ3v) is 8.27. The molecule has 2 aliphatic heterocycles. The maximum absolute atomic E-state index is 10.5. The maximum Gasteiger partial charge on any atom is 0.217 e. The summed E-state index contributed by atoms with van der Waals surface area (Å²) >= 11 is 0. The summed E-state index contributed by atoms with van der Waals surface area (Å²) in [5, 5.41) is 40.0. The Hall–Kier alpha value is -3.08. The lowest BCUT2D eigenvalue weighted by atomic mass is 9.52. The number of ether oxygens (including phenoxy) is 3. The second-order valence-electron chi connectivity index (χ2n) is 10.4. The monoisotopic (exact) mass is 488 g/mol. The average molecular weight is 489 g/mol. The second kappa shape index (κ2) is 10.9. The van der Waals surface area contributed by atoms with Crippen LogP contribution in [0.1, 0.15) is 95.6 Å². The van der Waals surface area contributed by atoms with Crippen molar-refractivity contribution in [1.82, 2.24) is 0 Å². The third kappa shape index (κ3) is 4.12. The highest BCUT2D eigenvalue weighted by Gasteiger charge is 2.80. The number of hydrogen-bond donors (Lipinski definition) is 1. The van der Waals surface area contributed by atoms with Crippen molar-refractivity contribution in [2.75, 3.05) is 6.61 Å². The highest BCUT2D eigenvalue weighted by molar-refractivity contribution is 5.89. The Morgan fingerprint density at radius 3 is 2.33 bits per heavy atom. The molecule has 2 bridgehead atoms.